The third-order valence-electron chi connectivity index (χ3n) is 4.65. The predicted molar refractivity (Wildman–Crippen MR) is 88.3 cm³/mol. The Labute approximate surface area is 125 Å². The highest BCUT2D eigenvalue weighted by Gasteiger charge is 2.36. The van der Waals surface area contributed by atoms with E-state index in [1.807, 2.05) is 7.05 Å². The largest absolute Gasteiger partial charge is 0.356 e. The molecule has 0 bridgehead atoms. The molecule has 1 saturated carbocycles. The molecule has 1 rings (SSSR count). The van der Waals surface area contributed by atoms with Crippen LogP contribution in [0.1, 0.15) is 52.4 Å². The number of hydrogen-bond donors (Lipinski definition) is 2. The Balaban J connectivity index is 2.53. The van der Waals surface area contributed by atoms with Crippen molar-refractivity contribution in [3.05, 3.63) is 0 Å². The van der Waals surface area contributed by atoms with E-state index in [4.69, 9.17) is 0 Å². The number of aliphatic imine (C=N–C) groups is 1. The van der Waals surface area contributed by atoms with Crippen LogP contribution < -0.4 is 10.6 Å². The second-order valence-corrected chi connectivity index (χ2v) is 6.53. The van der Waals surface area contributed by atoms with Gasteiger partial charge in [0.2, 0.25) is 0 Å². The number of nitrogens with one attached hydrogen (secondary N) is 2. The van der Waals surface area contributed by atoms with Crippen LogP contribution in [0.15, 0.2) is 4.99 Å². The van der Waals surface area contributed by atoms with Gasteiger partial charge in [0.15, 0.2) is 5.96 Å². The minimum Gasteiger partial charge on any atom is -0.356 e. The molecular weight excluding hydrogens is 248 g/mol. The molecule has 0 saturated heterocycles. The normalized spacial score (nSPS) is 27.7. The minimum absolute atomic E-state index is 0.278. The molecule has 0 spiro atoms. The first-order chi connectivity index (χ1) is 9.54. The fourth-order valence-electron chi connectivity index (χ4n) is 3.21. The average molecular weight is 282 g/mol. The van der Waals surface area contributed by atoms with Crippen LogP contribution in [0, 0.1) is 5.92 Å². The second kappa shape index (κ2) is 8.50. The van der Waals surface area contributed by atoms with Crippen molar-refractivity contribution in [1.82, 2.24) is 15.5 Å². The Kier molecular flexibility index (Phi) is 7.35. The standard InChI is InChI=1S/C16H34N4/c1-6-7-11-18-15(17-3)19-13-16(20(4)5)10-8-9-14(2)12-16/h14H,6-13H2,1-5H3,(H2,17,18,19). The van der Waals surface area contributed by atoms with Crippen molar-refractivity contribution < 1.29 is 0 Å². The first kappa shape index (κ1) is 17.3. The van der Waals surface area contributed by atoms with Gasteiger partial charge in [-0.2, -0.15) is 0 Å². The lowest BCUT2D eigenvalue weighted by atomic mass is 9.75. The first-order valence-electron chi connectivity index (χ1n) is 8.16. The van der Waals surface area contributed by atoms with Crippen molar-refractivity contribution in [2.24, 2.45) is 10.9 Å². The van der Waals surface area contributed by atoms with Crippen LogP contribution in [-0.4, -0.2) is 50.6 Å². The zero-order valence-corrected chi connectivity index (χ0v) is 14.1. The van der Waals surface area contributed by atoms with Crippen LogP contribution in [0.5, 0.6) is 0 Å². The van der Waals surface area contributed by atoms with Crippen molar-refractivity contribution in [3.8, 4) is 0 Å². The van der Waals surface area contributed by atoms with E-state index in [-0.39, 0.29) is 5.54 Å². The quantitative estimate of drug-likeness (QED) is 0.447. The molecule has 0 radical (unpaired) electrons. The summed E-state index contributed by atoms with van der Waals surface area (Å²) in [7, 11) is 6.28. The summed E-state index contributed by atoms with van der Waals surface area (Å²) in [6, 6.07) is 0. The van der Waals surface area contributed by atoms with Gasteiger partial charge in [-0.25, -0.2) is 0 Å². The molecule has 1 aliphatic carbocycles. The molecular formula is C16H34N4. The number of hydrogen-bond acceptors (Lipinski definition) is 2. The van der Waals surface area contributed by atoms with Crippen molar-refractivity contribution in [2.75, 3.05) is 34.2 Å². The average Bonchev–Trinajstić information content (AvgIpc) is 2.42. The maximum absolute atomic E-state index is 4.33. The van der Waals surface area contributed by atoms with Gasteiger partial charge in [-0.15, -0.1) is 0 Å². The summed E-state index contributed by atoms with van der Waals surface area (Å²) in [5.74, 6) is 1.76. The van der Waals surface area contributed by atoms with Crippen molar-refractivity contribution in [2.45, 2.75) is 57.9 Å². The molecule has 4 heteroatoms. The van der Waals surface area contributed by atoms with Crippen LogP contribution in [0.3, 0.4) is 0 Å². The molecule has 4 nitrogen and oxygen atoms in total. The van der Waals surface area contributed by atoms with Crippen LogP contribution in [0.25, 0.3) is 0 Å². The summed E-state index contributed by atoms with van der Waals surface area (Å²) in [5.41, 5.74) is 0.278. The van der Waals surface area contributed by atoms with Crippen LogP contribution >= 0.6 is 0 Å². The van der Waals surface area contributed by atoms with E-state index < -0.39 is 0 Å². The van der Waals surface area contributed by atoms with Crippen molar-refractivity contribution >= 4 is 5.96 Å². The fourth-order valence-corrected chi connectivity index (χ4v) is 3.21. The molecule has 1 fully saturated rings. The monoisotopic (exact) mass is 282 g/mol. The van der Waals surface area contributed by atoms with E-state index in [1.165, 1.54) is 38.5 Å². The molecule has 20 heavy (non-hydrogen) atoms. The Bertz CT molecular complexity index is 301. The van der Waals surface area contributed by atoms with E-state index in [0.717, 1.165) is 25.0 Å². The molecule has 0 aromatic rings. The third kappa shape index (κ3) is 4.97. The number of unbranched alkanes of at least 4 members (excludes halogenated alkanes) is 1. The summed E-state index contributed by atoms with van der Waals surface area (Å²) >= 11 is 0. The van der Waals surface area contributed by atoms with Gasteiger partial charge < -0.3 is 15.5 Å². The van der Waals surface area contributed by atoms with E-state index in [9.17, 15) is 0 Å². The summed E-state index contributed by atoms with van der Waals surface area (Å²) in [4.78, 5) is 6.74. The minimum atomic E-state index is 0.278. The van der Waals surface area contributed by atoms with Gasteiger partial charge in [-0.05, 0) is 39.3 Å². The van der Waals surface area contributed by atoms with Gasteiger partial charge in [0.05, 0.1) is 0 Å². The number of rotatable bonds is 6. The second-order valence-electron chi connectivity index (χ2n) is 6.53. The highest BCUT2D eigenvalue weighted by Crippen LogP contribution is 2.35. The molecule has 1 aliphatic rings. The SMILES string of the molecule is CCCCNC(=NC)NCC1(N(C)C)CCCC(C)C1. The number of guanidine groups is 1. The molecule has 0 aromatic heterocycles. The van der Waals surface area contributed by atoms with Gasteiger partial charge in [-0.3, -0.25) is 4.99 Å². The molecule has 0 amide bonds. The highest BCUT2D eigenvalue weighted by atomic mass is 15.2. The van der Waals surface area contributed by atoms with Crippen LogP contribution in [0.4, 0.5) is 0 Å². The topological polar surface area (TPSA) is 39.7 Å². The lowest BCUT2D eigenvalue weighted by molar-refractivity contribution is 0.0796. The maximum Gasteiger partial charge on any atom is 0.191 e. The lowest BCUT2D eigenvalue weighted by Crippen LogP contribution is -2.56. The third-order valence-corrected chi connectivity index (χ3v) is 4.65. The lowest BCUT2D eigenvalue weighted by Gasteiger charge is -2.45. The number of likely N-dealkylation sites (N-methyl/N-ethyl adjacent to an activating group) is 1. The summed E-state index contributed by atoms with van der Waals surface area (Å²) in [5, 5.41) is 6.94. The van der Waals surface area contributed by atoms with E-state index >= 15 is 0 Å². The molecule has 2 unspecified atom stereocenters. The molecule has 2 N–H and O–H groups in total. The van der Waals surface area contributed by atoms with Gasteiger partial charge in [-0.1, -0.05) is 33.1 Å². The molecule has 0 aliphatic heterocycles. The zero-order chi connectivity index (χ0) is 15.0. The maximum atomic E-state index is 4.33. The molecule has 0 aromatic carbocycles. The van der Waals surface area contributed by atoms with Crippen LogP contribution in [0.2, 0.25) is 0 Å². The van der Waals surface area contributed by atoms with Gasteiger partial charge in [0, 0.05) is 25.7 Å². The van der Waals surface area contributed by atoms with Gasteiger partial charge in [0.1, 0.15) is 0 Å². The summed E-state index contributed by atoms with van der Waals surface area (Å²) in [6.45, 7) is 6.58. The highest BCUT2D eigenvalue weighted by molar-refractivity contribution is 5.79. The Morgan fingerprint density at radius 1 is 1.35 bits per heavy atom. The van der Waals surface area contributed by atoms with E-state index in [0.29, 0.717) is 0 Å². The van der Waals surface area contributed by atoms with E-state index in [2.05, 4.69) is 48.5 Å². The first-order valence-corrected chi connectivity index (χ1v) is 8.16. The van der Waals surface area contributed by atoms with Gasteiger partial charge >= 0.3 is 0 Å². The Hall–Kier alpha value is -0.770. The molecule has 0 heterocycles. The van der Waals surface area contributed by atoms with Crippen LogP contribution in [-0.2, 0) is 0 Å². The predicted octanol–water partition coefficient (Wildman–Crippen LogP) is 2.46. The van der Waals surface area contributed by atoms with E-state index in [1.54, 1.807) is 0 Å². The fraction of sp³-hybridized carbons (Fsp3) is 0.938. The Morgan fingerprint density at radius 2 is 2.10 bits per heavy atom. The van der Waals surface area contributed by atoms with Crippen molar-refractivity contribution in [1.29, 1.82) is 0 Å². The van der Waals surface area contributed by atoms with Crippen molar-refractivity contribution in [3.63, 3.8) is 0 Å². The smallest absolute Gasteiger partial charge is 0.191 e. The number of nitrogens with zero attached hydrogens (tertiary/aromatic N) is 2. The summed E-state index contributed by atoms with van der Waals surface area (Å²) < 4.78 is 0. The molecule has 118 valence electrons. The summed E-state index contributed by atoms with van der Waals surface area (Å²) in [6.07, 6.45) is 7.67. The van der Waals surface area contributed by atoms with Gasteiger partial charge in [0.25, 0.3) is 0 Å². The Morgan fingerprint density at radius 3 is 2.65 bits per heavy atom. The molecule has 2 atom stereocenters. The zero-order valence-electron chi connectivity index (χ0n) is 14.1.